The van der Waals surface area contributed by atoms with Gasteiger partial charge in [-0.3, -0.25) is 4.79 Å². The zero-order chi connectivity index (χ0) is 11.3. The van der Waals surface area contributed by atoms with Gasteiger partial charge >= 0.3 is 0 Å². The zero-order valence-corrected chi connectivity index (χ0v) is 11.3. The highest BCUT2D eigenvalue weighted by molar-refractivity contribution is 8.38. The van der Waals surface area contributed by atoms with E-state index in [2.05, 4.69) is 20.4 Å². The number of thioether (sulfide) groups is 2. The Balaban J connectivity index is 2.24. The molecule has 0 amide bonds. The molecule has 0 N–H and O–H groups in total. The molecule has 2 bridgehead atoms. The van der Waals surface area contributed by atoms with Crippen molar-refractivity contribution in [2.75, 3.05) is 6.26 Å². The first-order valence-corrected chi connectivity index (χ1v) is 7.43. The summed E-state index contributed by atoms with van der Waals surface area (Å²) in [5.74, 6) is 0.796. The van der Waals surface area contributed by atoms with Gasteiger partial charge in [-0.05, 0) is 36.9 Å². The van der Waals surface area contributed by atoms with Crippen LogP contribution < -0.4 is 0 Å². The van der Waals surface area contributed by atoms with Gasteiger partial charge in [0, 0.05) is 0 Å². The predicted molar refractivity (Wildman–Crippen MR) is 69.5 cm³/mol. The van der Waals surface area contributed by atoms with Crippen LogP contribution in [0, 0.1) is 11.3 Å². The molecule has 3 aliphatic rings. The first kappa shape index (κ1) is 11.6. The highest BCUT2D eigenvalue weighted by Gasteiger charge is 2.64. The third-order valence-corrected chi connectivity index (χ3v) is 6.97. The Kier molecular flexibility index (Phi) is 2.75. The van der Waals surface area contributed by atoms with Gasteiger partial charge in [0.1, 0.15) is 0 Å². The summed E-state index contributed by atoms with van der Waals surface area (Å²) in [4.78, 5) is 11.6. The molecule has 1 nitrogen and oxygen atoms in total. The number of fused-ring (bicyclic) bond motifs is 2. The van der Waals surface area contributed by atoms with Gasteiger partial charge in [-0.15, -0.1) is 0 Å². The molecule has 2 atom stereocenters. The van der Waals surface area contributed by atoms with Crippen LogP contribution in [0.3, 0.4) is 0 Å². The smallest absolute Gasteiger partial charge is 0.246 e. The van der Waals surface area contributed by atoms with E-state index in [1.165, 1.54) is 35.5 Å². The maximum Gasteiger partial charge on any atom is 0.246 e. The molecule has 2 unspecified atom stereocenters. The number of rotatable bonds is 1. The largest absolute Gasteiger partial charge is 0.274 e. The molecule has 3 saturated carbocycles. The average Bonchev–Trinajstić information content (AvgIpc) is 2.20. The van der Waals surface area contributed by atoms with E-state index in [1.807, 2.05) is 6.26 Å². The van der Waals surface area contributed by atoms with Gasteiger partial charge in [-0.25, -0.2) is 0 Å². The molecule has 0 aromatic heterocycles. The first-order valence-electron chi connectivity index (χ1n) is 5.39. The third kappa shape index (κ3) is 1.42. The summed E-state index contributed by atoms with van der Waals surface area (Å²) in [6.45, 7) is 8.80. The fraction of sp³-hybridized carbons (Fsp3) is 0.750. The molecule has 0 aromatic rings. The lowest BCUT2D eigenvalue weighted by Crippen LogP contribution is -2.62. The molecule has 3 rings (SSSR count). The van der Waals surface area contributed by atoms with Crippen molar-refractivity contribution in [3.8, 4) is 0 Å². The molecule has 3 aliphatic carbocycles. The Bertz CT molecular complexity index is 322. The van der Waals surface area contributed by atoms with Crippen molar-refractivity contribution < 1.29 is 4.79 Å². The molecule has 0 aliphatic heterocycles. The molecule has 84 valence electrons. The lowest BCUT2D eigenvalue weighted by molar-refractivity contribution is 0.000689. The molecule has 0 heterocycles. The number of carbonyl (C=O) groups excluding carboxylic acids is 1. The van der Waals surface area contributed by atoms with Gasteiger partial charge in [0.2, 0.25) is 4.45 Å². The van der Waals surface area contributed by atoms with Gasteiger partial charge in [-0.2, -0.15) is 0 Å². The van der Waals surface area contributed by atoms with Crippen LogP contribution in [0.5, 0.6) is 0 Å². The van der Waals surface area contributed by atoms with E-state index in [-0.39, 0.29) is 14.6 Å². The zero-order valence-electron chi connectivity index (χ0n) is 9.63. The van der Waals surface area contributed by atoms with E-state index in [9.17, 15) is 4.79 Å². The van der Waals surface area contributed by atoms with Crippen LogP contribution in [0.2, 0.25) is 0 Å². The van der Waals surface area contributed by atoms with Crippen molar-refractivity contribution in [2.24, 2.45) is 11.3 Å². The van der Waals surface area contributed by atoms with Crippen LogP contribution in [-0.4, -0.2) is 15.5 Å². The monoisotopic (exact) mass is 242 g/mol. The van der Waals surface area contributed by atoms with Crippen LogP contribution in [0.25, 0.3) is 0 Å². The second kappa shape index (κ2) is 3.56. The lowest BCUT2D eigenvalue weighted by atomic mass is 9.47. The van der Waals surface area contributed by atoms with Crippen molar-refractivity contribution in [2.45, 2.75) is 37.9 Å². The quantitative estimate of drug-likeness (QED) is 0.637. The molecule has 0 saturated heterocycles. The summed E-state index contributed by atoms with van der Waals surface area (Å²) >= 11 is 2.86. The van der Waals surface area contributed by atoms with Crippen LogP contribution in [0.1, 0.15) is 33.1 Å². The first-order chi connectivity index (χ1) is 6.94. The molecular formula is C12H18OS2. The van der Waals surface area contributed by atoms with Crippen LogP contribution in [0.4, 0.5) is 4.79 Å². The van der Waals surface area contributed by atoms with E-state index in [1.54, 1.807) is 0 Å². The summed E-state index contributed by atoms with van der Waals surface area (Å²) in [6.07, 6.45) is 5.40. The maximum absolute atomic E-state index is 11.6. The number of hydrogen-bond acceptors (Lipinski definition) is 3. The second-order valence-electron chi connectivity index (χ2n) is 5.15. The van der Waals surface area contributed by atoms with Gasteiger partial charge < -0.3 is 0 Å². The Hall–Kier alpha value is 0.110. The fourth-order valence-electron chi connectivity index (χ4n) is 3.11. The topological polar surface area (TPSA) is 17.1 Å². The lowest BCUT2D eigenvalue weighted by Gasteiger charge is -2.65. The van der Waals surface area contributed by atoms with E-state index in [0.717, 1.165) is 18.8 Å². The third-order valence-electron chi connectivity index (χ3n) is 4.39. The molecule has 0 aromatic carbocycles. The molecule has 0 spiro atoms. The normalized spacial score (nSPS) is 37.3. The van der Waals surface area contributed by atoms with Crippen molar-refractivity contribution in [3.63, 3.8) is 0 Å². The summed E-state index contributed by atoms with van der Waals surface area (Å²) in [5.41, 5.74) is 1.56. The fourth-order valence-corrected chi connectivity index (χ4v) is 5.11. The van der Waals surface area contributed by atoms with Crippen molar-refractivity contribution in [1.82, 2.24) is 0 Å². The standard InChI is InChI=1S/C12H18OS2/c1-8-5-6-9-7-12(8,11(9,2)3)15-10(13)14-4/h9H,1,5-7H2,2-4H3. The van der Waals surface area contributed by atoms with Gasteiger partial charge in [0.15, 0.2) is 0 Å². The summed E-state index contributed by atoms with van der Waals surface area (Å²) in [6, 6.07) is 0. The second-order valence-corrected chi connectivity index (χ2v) is 7.46. The minimum absolute atomic E-state index is 0.0516. The maximum atomic E-state index is 11.6. The Morgan fingerprint density at radius 1 is 1.53 bits per heavy atom. The predicted octanol–water partition coefficient (Wildman–Crippen LogP) is 4.34. The summed E-state index contributed by atoms with van der Waals surface area (Å²) < 4.78 is 0.292. The Morgan fingerprint density at radius 2 is 2.20 bits per heavy atom. The van der Waals surface area contributed by atoms with Crippen LogP contribution in [0.15, 0.2) is 12.2 Å². The number of carbonyl (C=O) groups is 1. The van der Waals surface area contributed by atoms with Crippen LogP contribution in [-0.2, 0) is 0 Å². The van der Waals surface area contributed by atoms with Gasteiger partial charge in [0.25, 0.3) is 0 Å². The molecule has 3 heteroatoms. The SMILES string of the molecule is C=C1CCC2CC1(SC(=O)SC)C2(C)C. The molecule has 15 heavy (non-hydrogen) atoms. The average molecular weight is 242 g/mol. The number of hydrogen-bond donors (Lipinski definition) is 0. The van der Waals surface area contributed by atoms with Crippen molar-refractivity contribution >= 4 is 28.0 Å². The van der Waals surface area contributed by atoms with Crippen molar-refractivity contribution in [1.29, 1.82) is 0 Å². The minimum atomic E-state index is 0.0516. The highest BCUT2D eigenvalue weighted by atomic mass is 32.2. The molecular weight excluding hydrogens is 224 g/mol. The minimum Gasteiger partial charge on any atom is -0.274 e. The highest BCUT2D eigenvalue weighted by Crippen LogP contribution is 2.70. The van der Waals surface area contributed by atoms with E-state index < -0.39 is 0 Å². The Morgan fingerprint density at radius 3 is 2.67 bits per heavy atom. The molecule has 3 fully saturated rings. The van der Waals surface area contributed by atoms with Crippen molar-refractivity contribution in [3.05, 3.63) is 12.2 Å². The van der Waals surface area contributed by atoms with Gasteiger partial charge in [-0.1, -0.05) is 49.5 Å². The van der Waals surface area contributed by atoms with Gasteiger partial charge in [0.05, 0.1) is 4.75 Å². The Labute approximate surface area is 100 Å². The molecule has 0 radical (unpaired) electrons. The van der Waals surface area contributed by atoms with E-state index in [0.29, 0.717) is 0 Å². The summed E-state index contributed by atoms with van der Waals surface area (Å²) in [5, 5.41) is 0. The van der Waals surface area contributed by atoms with Crippen LogP contribution >= 0.6 is 23.5 Å². The van der Waals surface area contributed by atoms with E-state index >= 15 is 0 Å². The summed E-state index contributed by atoms with van der Waals surface area (Å²) in [7, 11) is 0. The van der Waals surface area contributed by atoms with E-state index in [4.69, 9.17) is 0 Å².